The first kappa shape index (κ1) is 13.4. The molecule has 100 valence electrons. The van der Waals surface area contributed by atoms with Gasteiger partial charge in [0.25, 0.3) is 0 Å². The Labute approximate surface area is 107 Å². The molecule has 0 bridgehead atoms. The van der Waals surface area contributed by atoms with Gasteiger partial charge >= 0.3 is 0 Å². The summed E-state index contributed by atoms with van der Waals surface area (Å²) < 4.78 is 0. The Kier molecular flexibility index (Phi) is 4.14. The van der Waals surface area contributed by atoms with Crippen LogP contribution in [0.3, 0.4) is 0 Å². The van der Waals surface area contributed by atoms with E-state index in [1.165, 1.54) is 45.3 Å². The lowest BCUT2D eigenvalue weighted by Gasteiger charge is -2.48. The van der Waals surface area contributed by atoms with Crippen LogP contribution in [-0.4, -0.2) is 36.1 Å². The van der Waals surface area contributed by atoms with Crippen LogP contribution >= 0.6 is 0 Å². The first-order valence-electron chi connectivity index (χ1n) is 7.59. The lowest BCUT2D eigenvalue weighted by Crippen LogP contribution is -2.64. The summed E-state index contributed by atoms with van der Waals surface area (Å²) in [6, 6.07) is 0.823. The van der Waals surface area contributed by atoms with Crippen LogP contribution in [0, 0.1) is 11.8 Å². The Morgan fingerprint density at radius 2 is 1.88 bits per heavy atom. The summed E-state index contributed by atoms with van der Waals surface area (Å²) in [5.41, 5.74) is 0.389. The van der Waals surface area contributed by atoms with Crippen molar-refractivity contribution in [3.8, 4) is 0 Å². The normalized spacial score (nSPS) is 29.8. The molecule has 17 heavy (non-hydrogen) atoms. The van der Waals surface area contributed by atoms with Crippen molar-refractivity contribution < 1.29 is 0 Å². The number of piperazine rings is 1. The van der Waals surface area contributed by atoms with Crippen molar-refractivity contribution in [1.29, 1.82) is 0 Å². The number of hydrogen-bond donors (Lipinski definition) is 1. The van der Waals surface area contributed by atoms with E-state index in [1.54, 1.807) is 0 Å². The molecule has 2 nitrogen and oxygen atoms in total. The molecular formula is C15H30N2. The summed E-state index contributed by atoms with van der Waals surface area (Å²) in [6.45, 7) is 13.1. The standard InChI is InChI=1S/C15H30N2/c1-5-15(6-2)11-17(10-12(3)4)14(9-16-15)13-7-8-13/h12-14,16H,5-11H2,1-4H3. The van der Waals surface area contributed by atoms with Crippen LogP contribution in [0.15, 0.2) is 0 Å². The highest BCUT2D eigenvalue weighted by Crippen LogP contribution is 2.38. The lowest BCUT2D eigenvalue weighted by atomic mass is 9.87. The zero-order valence-electron chi connectivity index (χ0n) is 12.1. The van der Waals surface area contributed by atoms with Gasteiger partial charge in [0.05, 0.1) is 0 Å². The molecule has 1 saturated carbocycles. The zero-order chi connectivity index (χ0) is 12.5. The third kappa shape index (κ3) is 3.03. The van der Waals surface area contributed by atoms with Gasteiger partial charge in [0, 0.05) is 31.2 Å². The highest BCUT2D eigenvalue weighted by Gasteiger charge is 2.42. The summed E-state index contributed by atoms with van der Waals surface area (Å²) in [4.78, 5) is 2.80. The predicted octanol–water partition coefficient (Wildman–Crippen LogP) is 2.89. The molecule has 1 saturated heterocycles. The monoisotopic (exact) mass is 238 g/mol. The zero-order valence-corrected chi connectivity index (χ0v) is 12.1. The van der Waals surface area contributed by atoms with Crippen LogP contribution in [0.25, 0.3) is 0 Å². The van der Waals surface area contributed by atoms with Gasteiger partial charge in [-0.15, -0.1) is 0 Å². The van der Waals surface area contributed by atoms with Crippen molar-refractivity contribution in [2.45, 2.75) is 65.0 Å². The summed E-state index contributed by atoms with van der Waals surface area (Å²) >= 11 is 0. The molecule has 2 fully saturated rings. The van der Waals surface area contributed by atoms with Crippen molar-refractivity contribution in [3.63, 3.8) is 0 Å². The van der Waals surface area contributed by atoms with E-state index >= 15 is 0 Å². The van der Waals surface area contributed by atoms with E-state index < -0.39 is 0 Å². The quantitative estimate of drug-likeness (QED) is 0.792. The van der Waals surface area contributed by atoms with Crippen molar-refractivity contribution in [3.05, 3.63) is 0 Å². The number of nitrogens with zero attached hydrogens (tertiary/aromatic N) is 1. The number of rotatable bonds is 5. The molecule has 0 aromatic rings. The topological polar surface area (TPSA) is 15.3 Å². The van der Waals surface area contributed by atoms with Gasteiger partial charge in [-0.1, -0.05) is 27.7 Å². The molecule has 0 radical (unpaired) electrons. The molecule has 2 rings (SSSR count). The van der Waals surface area contributed by atoms with Crippen LogP contribution in [0.1, 0.15) is 53.4 Å². The molecule has 1 heterocycles. The van der Waals surface area contributed by atoms with E-state index in [4.69, 9.17) is 0 Å². The average molecular weight is 238 g/mol. The second-order valence-electron chi connectivity index (χ2n) is 6.60. The van der Waals surface area contributed by atoms with E-state index in [1.807, 2.05) is 0 Å². The maximum absolute atomic E-state index is 3.86. The molecule has 2 heteroatoms. The minimum Gasteiger partial charge on any atom is -0.308 e. The Morgan fingerprint density at radius 3 is 2.35 bits per heavy atom. The summed E-state index contributed by atoms with van der Waals surface area (Å²) in [6.07, 6.45) is 5.45. The largest absolute Gasteiger partial charge is 0.308 e. The van der Waals surface area contributed by atoms with Crippen LogP contribution in [0.4, 0.5) is 0 Å². The third-order valence-electron chi connectivity index (χ3n) is 4.78. The first-order chi connectivity index (χ1) is 8.10. The van der Waals surface area contributed by atoms with Gasteiger partial charge in [0.2, 0.25) is 0 Å². The smallest absolute Gasteiger partial charge is 0.0304 e. The van der Waals surface area contributed by atoms with Gasteiger partial charge in [0.1, 0.15) is 0 Å². The number of nitrogens with one attached hydrogen (secondary N) is 1. The molecule has 2 aliphatic rings. The fourth-order valence-electron chi connectivity index (χ4n) is 3.35. The van der Waals surface area contributed by atoms with Gasteiger partial charge in [-0.3, -0.25) is 4.90 Å². The maximum atomic E-state index is 3.86. The fraction of sp³-hybridized carbons (Fsp3) is 1.00. The molecule has 0 aromatic heterocycles. The summed E-state index contributed by atoms with van der Waals surface area (Å²) in [5, 5.41) is 3.86. The second kappa shape index (κ2) is 5.27. The Hall–Kier alpha value is -0.0800. The van der Waals surface area contributed by atoms with Crippen molar-refractivity contribution >= 4 is 0 Å². The Balaban J connectivity index is 2.03. The highest BCUT2D eigenvalue weighted by molar-refractivity contribution is 5.01. The van der Waals surface area contributed by atoms with Gasteiger partial charge in [-0.05, 0) is 37.5 Å². The molecule has 1 aliphatic carbocycles. The lowest BCUT2D eigenvalue weighted by molar-refractivity contribution is 0.0529. The summed E-state index contributed by atoms with van der Waals surface area (Å²) in [7, 11) is 0. The van der Waals surface area contributed by atoms with E-state index in [0.29, 0.717) is 5.54 Å². The molecule has 1 aliphatic heterocycles. The molecule has 1 atom stereocenters. The van der Waals surface area contributed by atoms with E-state index in [2.05, 4.69) is 37.9 Å². The fourth-order valence-corrected chi connectivity index (χ4v) is 3.35. The van der Waals surface area contributed by atoms with E-state index in [9.17, 15) is 0 Å². The Bertz CT molecular complexity index is 241. The molecule has 0 aromatic carbocycles. The van der Waals surface area contributed by atoms with Crippen molar-refractivity contribution in [2.75, 3.05) is 19.6 Å². The first-order valence-corrected chi connectivity index (χ1v) is 7.59. The molecule has 0 amide bonds. The van der Waals surface area contributed by atoms with Gasteiger partial charge < -0.3 is 5.32 Å². The van der Waals surface area contributed by atoms with E-state index in [-0.39, 0.29) is 0 Å². The minimum atomic E-state index is 0.389. The van der Waals surface area contributed by atoms with Gasteiger partial charge in [-0.25, -0.2) is 0 Å². The summed E-state index contributed by atoms with van der Waals surface area (Å²) in [5.74, 6) is 1.79. The van der Waals surface area contributed by atoms with Crippen LogP contribution < -0.4 is 5.32 Å². The average Bonchev–Trinajstić information content (AvgIpc) is 3.12. The van der Waals surface area contributed by atoms with Gasteiger partial charge in [-0.2, -0.15) is 0 Å². The third-order valence-corrected chi connectivity index (χ3v) is 4.78. The predicted molar refractivity (Wildman–Crippen MR) is 74.2 cm³/mol. The van der Waals surface area contributed by atoms with Crippen LogP contribution in [0.5, 0.6) is 0 Å². The molecule has 1 N–H and O–H groups in total. The van der Waals surface area contributed by atoms with Crippen molar-refractivity contribution in [1.82, 2.24) is 10.2 Å². The minimum absolute atomic E-state index is 0.389. The Morgan fingerprint density at radius 1 is 1.24 bits per heavy atom. The van der Waals surface area contributed by atoms with Crippen LogP contribution in [0.2, 0.25) is 0 Å². The maximum Gasteiger partial charge on any atom is 0.0304 e. The molecule has 1 unspecified atom stereocenters. The molecular weight excluding hydrogens is 208 g/mol. The number of hydrogen-bond acceptors (Lipinski definition) is 2. The van der Waals surface area contributed by atoms with E-state index in [0.717, 1.165) is 17.9 Å². The second-order valence-corrected chi connectivity index (χ2v) is 6.60. The molecule has 0 spiro atoms. The highest BCUT2D eigenvalue weighted by atomic mass is 15.3. The SMILES string of the molecule is CCC1(CC)CN(CC(C)C)C(C2CC2)CN1. The van der Waals surface area contributed by atoms with Gasteiger partial charge in [0.15, 0.2) is 0 Å². The van der Waals surface area contributed by atoms with Crippen LogP contribution in [-0.2, 0) is 0 Å². The van der Waals surface area contributed by atoms with Crippen molar-refractivity contribution in [2.24, 2.45) is 11.8 Å².